The third-order valence-corrected chi connectivity index (χ3v) is 5.54. The van der Waals surface area contributed by atoms with E-state index in [4.69, 9.17) is 0 Å². The molecular weight excluding hydrogens is 371 g/mol. The maximum absolute atomic E-state index is 12.6. The molecule has 0 unspecified atom stereocenters. The molecule has 0 aliphatic carbocycles. The molecule has 0 bridgehead atoms. The van der Waals surface area contributed by atoms with Crippen molar-refractivity contribution in [2.45, 2.75) is 6.18 Å². The number of anilines is 1. The van der Waals surface area contributed by atoms with Crippen molar-refractivity contribution < 1.29 is 18.0 Å². The molecular formula is C16H8F3N3OS2. The Morgan fingerprint density at radius 3 is 2.44 bits per heavy atom. The Hall–Kier alpha value is -2.52. The van der Waals surface area contributed by atoms with Gasteiger partial charge in [0, 0.05) is 5.56 Å². The summed E-state index contributed by atoms with van der Waals surface area (Å²) in [5.41, 5.74) is 2.68. The smallest absolute Gasteiger partial charge is 0.298 e. The summed E-state index contributed by atoms with van der Waals surface area (Å²) in [4.78, 5) is 20.8. The SMILES string of the molecule is O=C(Nc1nc2ccc3ncsc3c2s1)c1ccc(C(F)(F)F)cc1. The van der Waals surface area contributed by atoms with Crippen LogP contribution in [0.1, 0.15) is 15.9 Å². The van der Waals surface area contributed by atoms with E-state index < -0.39 is 17.6 Å². The van der Waals surface area contributed by atoms with E-state index in [-0.39, 0.29) is 5.56 Å². The van der Waals surface area contributed by atoms with Crippen molar-refractivity contribution in [3.8, 4) is 0 Å². The van der Waals surface area contributed by atoms with Crippen molar-refractivity contribution in [2.75, 3.05) is 5.32 Å². The second-order valence-corrected chi connectivity index (χ2v) is 7.02. The van der Waals surface area contributed by atoms with Gasteiger partial charge in [0.1, 0.15) is 0 Å². The molecule has 0 atom stereocenters. The minimum Gasteiger partial charge on any atom is -0.298 e. The standard InChI is InChI=1S/C16H8F3N3OS2/c17-16(18,19)9-3-1-8(2-4-9)14(23)22-15-21-11-6-5-10-12(13(11)25-15)24-7-20-10/h1-7H,(H,21,22,23). The number of carbonyl (C=O) groups excluding carboxylic acids is 1. The number of rotatable bonds is 2. The number of hydrogen-bond acceptors (Lipinski definition) is 5. The molecule has 0 aliphatic heterocycles. The minimum atomic E-state index is -4.43. The molecule has 0 radical (unpaired) electrons. The van der Waals surface area contributed by atoms with Gasteiger partial charge in [0.15, 0.2) is 5.13 Å². The fraction of sp³-hybridized carbons (Fsp3) is 0.0625. The van der Waals surface area contributed by atoms with Crippen molar-refractivity contribution in [2.24, 2.45) is 0 Å². The fourth-order valence-electron chi connectivity index (χ4n) is 2.34. The van der Waals surface area contributed by atoms with E-state index in [1.54, 1.807) is 5.51 Å². The summed E-state index contributed by atoms with van der Waals surface area (Å²) in [6, 6.07) is 7.74. The fourth-order valence-corrected chi connectivity index (χ4v) is 4.23. The predicted octanol–water partition coefficient (Wildman–Crippen LogP) is 5.18. The van der Waals surface area contributed by atoms with Crippen LogP contribution in [0.25, 0.3) is 20.4 Å². The minimum absolute atomic E-state index is 0.134. The van der Waals surface area contributed by atoms with E-state index in [2.05, 4.69) is 15.3 Å². The molecule has 0 fully saturated rings. The highest BCUT2D eigenvalue weighted by atomic mass is 32.1. The molecule has 9 heteroatoms. The first-order chi connectivity index (χ1) is 11.9. The van der Waals surface area contributed by atoms with Crippen LogP contribution in [0.3, 0.4) is 0 Å². The number of halogens is 3. The molecule has 2 heterocycles. The molecule has 4 rings (SSSR count). The largest absolute Gasteiger partial charge is 0.416 e. The van der Waals surface area contributed by atoms with Gasteiger partial charge in [0.05, 0.1) is 31.5 Å². The molecule has 25 heavy (non-hydrogen) atoms. The first-order valence-electron chi connectivity index (χ1n) is 7.03. The summed E-state index contributed by atoms with van der Waals surface area (Å²) >= 11 is 2.80. The highest BCUT2D eigenvalue weighted by Gasteiger charge is 2.30. The lowest BCUT2D eigenvalue weighted by Gasteiger charge is -2.07. The average molecular weight is 379 g/mol. The van der Waals surface area contributed by atoms with Crippen LogP contribution in [0.5, 0.6) is 0 Å². The van der Waals surface area contributed by atoms with Gasteiger partial charge in [-0.1, -0.05) is 11.3 Å². The van der Waals surface area contributed by atoms with Gasteiger partial charge in [-0.05, 0) is 36.4 Å². The number of benzene rings is 2. The number of amides is 1. The number of nitrogens with zero attached hydrogens (tertiary/aromatic N) is 2. The predicted molar refractivity (Wildman–Crippen MR) is 92.2 cm³/mol. The van der Waals surface area contributed by atoms with Crippen LogP contribution in [0, 0.1) is 0 Å². The van der Waals surface area contributed by atoms with E-state index in [1.165, 1.54) is 22.7 Å². The Balaban J connectivity index is 1.61. The van der Waals surface area contributed by atoms with Crippen LogP contribution in [0.15, 0.2) is 41.9 Å². The summed E-state index contributed by atoms with van der Waals surface area (Å²) in [7, 11) is 0. The summed E-state index contributed by atoms with van der Waals surface area (Å²) in [5.74, 6) is -0.506. The molecule has 1 amide bonds. The number of alkyl halides is 3. The van der Waals surface area contributed by atoms with Crippen molar-refractivity contribution in [1.82, 2.24) is 9.97 Å². The third kappa shape index (κ3) is 2.96. The molecule has 0 aliphatic rings. The maximum atomic E-state index is 12.6. The second-order valence-electron chi connectivity index (χ2n) is 5.16. The van der Waals surface area contributed by atoms with Crippen LogP contribution in [0.4, 0.5) is 18.3 Å². The van der Waals surface area contributed by atoms with E-state index in [0.717, 1.165) is 44.7 Å². The zero-order valence-electron chi connectivity index (χ0n) is 12.3. The molecule has 2 aromatic carbocycles. The van der Waals surface area contributed by atoms with E-state index in [0.29, 0.717) is 5.13 Å². The Morgan fingerprint density at radius 2 is 1.72 bits per heavy atom. The molecule has 4 aromatic rings. The van der Waals surface area contributed by atoms with E-state index >= 15 is 0 Å². The Labute approximate surface area is 147 Å². The highest BCUT2D eigenvalue weighted by Crippen LogP contribution is 2.34. The normalized spacial score (nSPS) is 12.0. The van der Waals surface area contributed by atoms with Crippen molar-refractivity contribution in [3.63, 3.8) is 0 Å². The molecule has 0 saturated heterocycles. The van der Waals surface area contributed by atoms with Gasteiger partial charge in [-0.25, -0.2) is 9.97 Å². The van der Waals surface area contributed by atoms with E-state index in [9.17, 15) is 18.0 Å². The molecule has 2 aromatic heterocycles. The van der Waals surface area contributed by atoms with Crippen LogP contribution < -0.4 is 5.32 Å². The molecule has 4 nitrogen and oxygen atoms in total. The lowest BCUT2D eigenvalue weighted by atomic mass is 10.1. The summed E-state index contributed by atoms with van der Waals surface area (Å²) < 4.78 is 39.6. The second kappa shape index (κ2) is 5.78. The van der Waals surface area contributed by atoms with Gasteiger partial charge < -0.3 is 0 Å². The summed E-state index contributed by atoms with van der Waals surface area (Å²) in [6.07, 6.45) is -4.43. The first kappa shape index (κ1) is 16.0. The maximum Gasteiger partial charge on any atom is 0.416 e. The molecule has 0 saturated carbocycles. The van der Waals surface area contributed by atoms with Crippen LogP contribution in [-0.4, -0.2) is 15.9 Å². The molecule has 1 N–H and O–H groups in total. The summed E-state index contributed by atoms with van der Waals surface area (Å²) in [5, 5.41) is 3.02. The average Bonchev–Trinajstić information content (AvgIpc) is 3.19. The van der Waals surface area contributed by atoms with Crippen LogP contribution in [-0.2, 0) is 6.18 Å². The first-order valence-corrected chi connectivity index (χ1v) is 8.73. The van der Waals surface area contributed by atoms with Crippen molar-refractivity contribution in [1.29, 1.82) is 0 Å². The molecule has 126 valence electrons. The van der Waals surface area contributed by atoms with Gasteiger partial charge >= 0.3 is 6.18 Å². The number of fused-ring (bicyclic) bond motifs is 3. The Kier molecular flexibility index (Phi) is 3.69. The summed E-state index contributed by atoms with van der Waals surface area (Å²) in [6.45, 7) is 0. The number of hydrogen-bond donors (Lipinski definition) is 1. The van der Waals surface area contributed by atoms with Gasteiger partial charge in [-0.3, -0.25) is 10.1 Å². The monoisotopic (exact) mass is 379 g/mol. The van der Waals surface area contributed by atoms with E-state index in [1.807, 2.05) is 12.1 Å². The van der Waals surface area contributed by atoms with Crippen molar-refractivity contribution in [3.05, 3.63) is 53.0 Å². The highest BCUT2D eigenvalue weighted by molar-refractivity contribution is 7.28. The third-order valence-electron chi connectivity index (χ3n) is 3.55. The number of carbonyl (C=O) groups is 1. The van der Waals surface area contributed by atoms with Crippen molar-refractivity contribution >= 4 is 54.1 Å². The lowest BCUT2D eigenvalue weighted by molar-refractivity contribution is -0.137. The Bertz CT molecular complexity index is 1080. The number of aromatic nitrogens is 2. The lowest BCUT2D eigenvalue weighted by Crippen LogP contribution is -2.12. The quantitative estimate of drug-likeness (QED) is 0.522. The Morgan fingerprint density at radius 1 is 1.00 bits per heavy atom. The van der Waals surface area contributed by atoms with Crippen LogP contribution >= 0.6 is 22.7 Å². The van der Waals surface area contributed by atoms with Gasteiger partial charge in [-0.2, -0.15) is 13.2 Å². The van der Waals surface area contributed by atoms with Crippen LogP contribution in [0.2, 0.25) is 0 Å². The molecule has 0 spiro atoms. The van der Waals surface area contributed by atoms with Gasteiger partial charge in [0.2, 0.25) is 0 Å². The van der Waals surface area contributed by atoms with Gasteiger partial charge in [0.25, 0.3) is 5.91 Å². The zero-order chi connectivity index (χ0) is 17.6. The topological polar surface area (TPSA) is 54.9 Å². The number of nitrogens with one attached hydrogen (secondary N) is 1. The zero-order valence-corrected chi connectivity index (χ0v) is 13.9. The number of thiazole rings is 2. The van der Waals surface area contributed by atoms with Gasteiger partial charge in [-0.15, -0.1) is 11.3 Å².